The molecule has 2 N–H and O–H groups in total. The number of aryl methyl sites for hydroxylation is 2. The van der Waals surface area contributed by atoms with Crippen LogP contribution < -0.4 is 16.2 Å². The van der Waals surface area contributed by atoms with E-state index in [0.717, 1.165) is 16.3 Å². The Labute approximate surface area is 133 Å². The number of rotatable bonds is 4. The predicted octanol–water partition coefficient (Wildman–Crippen LogP) is 2.60. The molecule has 2 rings (SSSR count). The van der Waals surface area contributed by atoms with E-state index in [2.05, 4.69) is 29.5 Å². The van der Waals surface area contributed by atoms with Gasteiger partial charge in [-0.2, -0.15) is 0 Å². The Kier molecular flexibility index (Phi) is 4.97. The van der Waals surface area contributed by atoms with E-state index >= 15 is 0 Å². The number of nitrogens with one attached hydrogen (secondary N) is 2. The van der Waals surface area contributed by atoms with Crippen molar-refractivity contribution >= 4 is 23.1 Å². The molecular formula is C15H20N4O2S. The minimum atomic E-state index is -0.410. The molecule has 2 aromatic heterocycles. The summed E-state index contributed by atoms with van der Waals surface area (Å²) in [5.74, 6) is 0.369. The maximum Gasteiger partial charge on any atom is 0.319 e. The summed E-state index contributed by atoms with van der Waals surface area (Å²) in [5, 5.41) is 8.18. The van der Waals surface area contributed by atoms with E-state index in [-0.39, 0.29) is 5.56 Å². The van der Waals surface area contributed by atoms with Gasteiger partial charge in [-0.15, -0.1) is 11.3 Å². The van der Waals surface area contributed by atoms with Gasteiger partial charge in [-0.25, -0.2) is 9.78 Å². The lowest BCUT2D eigenvalue weighted by Crippen LogP contribution is -2.32. The van der Waals surface area contributed by atoms with Gasteiger partial charge in [-0.05, 0) is 24.5 Å². The Balaban J connectivity index is 1.99. The van der Waals surface area contributed by atoms with Crippen LogP contribution in [0.25, 0.3) is 0 Å². The molecule has 118 valence electrons. The van der Waals surface area contributed by atoms with E-state index in [1.165, 1.54) is 15.9 Å². The van der Waals surface area contributed by atoms with Gasteiger partial charge in [0.15, 0.2) is 0 Å². The number of hydrogen-bond acceptors (Lipinski definition) is 4. The number of carbonyl (C=O) groups is 1. The fourth-order valence-corrected chi connectivity index (χ4v) is 2.75. The number of hydrogen-bond donors (Lipinski definition) is 2. The Morgan fingerprint density at radius 2 is 2.18 bits per heavy atom. The van der Waals surface area contributed by atoms with Crippen molar-refractivity contribution in [3.05, 3.63) is 44.3 Å². The van der Waals surface area contributed by atoms with Crippen molar-refractivity contribution in [1.82, 2.24) is 14.9 Å². The van der Waals surface area contributed by atoms with Crippen molar-refractivity contribution in [1.29, 1.82) is 0 Å². The van der Waals surface area contributed by atoms with E-state index in [1.54, 1.807) is 26.2 Å². The molecule has 0 fully saturated rings. The van der Waals surface area contributed by atoms with Crippen LogP contribution in [0.1, 0.15) is 36.0 Å². The average Bonchev–Trinajstić information content (AvgIpc) is 2.95. The smallest absolute Gasteiger partial charge is 0.319 e. The summed E-state index contributed by atoms with van der Waals surface area (Å²) >= 11 is 1.52. The van der Waals surface area contributed by atoms with Crippen molar-refractivity contribution in [3.63, 3.8) is 0 Å². The summed E-state index contributed by atoms with van der Waals surface area (Å²) in [6.07, 6.45) is 1.67. The molecule has 0 aliphatic heterocycles. The first-order valence-corrected chi connectivity index (χ1v) is 7.92. The SMILES string of the molecule is Cc1ccn(C)c(=O)c1NC(=O)NCc1nc(C(C)C)cs1. The number of urea groups is 1. The van der Waals surface area contributed by atoms with Gasteiger partial charge in [0.2, 0.25) is 0 Å². The number of pyridine rings is 1. The normalized spacial score (nSPS) is 10.8. The predicted molar refractivity (Wildman–Crippen MR) is 88.5 cm³/mol. The Morgan fingerprint density at radius 3 is 2.82 bits per heavy atom. The van der Waals surface area contributed by atoms with E-state index in [4.69, 9.17) is 0 Å². The number of nitrogens with zero attached hydrogens (tertiary/aromatic N) is 2. The third-order valence-corrected chi connectivity index (χ3v) is 4.14. The summed E-state index contributed by atoms with van der Waals surface area (Å²) in [6.45, 7) is 6.28. The monoisotopic (exact) mass is 320 g/mol. The summed E-state index contributed by atoms with van der Waals surface area (Å²) in [7, 11) is 1.65. The standard InChI is InChI=1S/C15H20N4O2S/c1-9(2)11-8-22-12(17-11)7-16-15(21)18-13-10(3)5-6-19(4)14(13)20/h5-6,8-9H,7H2,1-4H3,(H2,16,18,21). The second kappa shape index (κ2) is 6.74. The molecule has 0 radical (unpaired) electrons. The Bertz CT molecular complexity index is 733. The zero-order valence-corrected chi connectivity index (χ0v) is 14.0. The summed E-state index contributed by atoms with van der Waals surface area (Å²) in [4.78, 5) is 28.4. The Hall–Kier alpha value is -2.15. The lowest BCUT2D eigenvalue weighted by Gasteiger charge is -2.09. The second-order valence-corrected chi connectivity index (χ2v) is 6.36. The second-order valence-electron chi connectivity index (χ2n) is 5.42. The van der Waals surface area contributed by atoms with Crippen LogP contribution in [0.4, 0.5) is 10.5 Å². The molecule has 0 spiro atoms. The number of amides is 2. The number of thiazole rings is 1. The molecule has 0 bridgehead atoms. The minimum Gasteiger partial charge on any atom is -0.331 e. The fourth-order valence-electron chi connectivity index (χ4n) is 1.86. The largest absolute Gasteiger partial charge is 0.331 e. The van der Waals surface area contributed by atoms with Gasteiger partial charge in [-0.3, -0.25) is 4.79 Å². The molecule has 2 amide bonds. The fraction of sp³-hybridized carbons (Fsp3) is 0.400. The molecule has 22 heavy (non-hydrogen) atoms. The van der Waals surface area contributed by atoms with Gasteiger partial charge in [-0.1, -0.05) is 13.8 Å². The van der Waals surface area contributed by atoms with Crippen LogP contribution in [-0.2, 0) is 13.6 Å². The van der Waals surface area contributed by atoms with Crippen molar-refractivity contribution in [2.45, 2.75) is 33.2 Å². The third-order valence-electron chi connectivity index (χ3n) is 3.28. The van der Waals surface area contributed by atoms with Crippen molar-refractivity contribution in [2.75, 3.05) is 5.32 Å². The zero-order valence-electron chi connectivity index (χ0n) is 13.1. The molecule has 0 unspecified atom stereocenters. The number of anilines is 1. The van der Waals surface area contributed by atoms with E-state index in [1.807, 2.05) is 5.38 Å². The molecule has 2 aromatic rings. The molecule has 7 heteroatoms. The highest BCUT2D eigenvalue weighted by Gasteiger charge is 2.11. The molecule has 6 nitrogen and oxygen atoms in total. The topological polar surface area (TPSA) is 76.0 Å². The molecule has 2 heterocycles. The molecule has 0 aromatic carbocycles. The van der Waals surface area contributed by atoms with Gasteiger partial charge in [0, 0.05) is 18.6 Å². The lowest BCUT2D eigenvalue weighted by molar-refractivity contribution is 0.251. The zero-order chi connectivity index (χ0) is 16.3. The van der Waals surface area contributed by atoms with Gasteiger partial charge in [0.05, 0.1) is 12.2 Å². The molecule has 0 aliphatic rings. The molecule has 0 saturated heterocycles. The first-order chi connectivity index (χ1) is 10.4. The third kappa shape index (κ3) is 3.73. The lowest BCUT2D eigenvalue weighted by atomic mass is 10.2. The van der Waals surface area contributed by atoms with Gasteiger partial charge < -0.3 is 15.2 Å². The van der Waals surface area contributed by atoms with E-state index < -0.39 is 6.03 Å². The van der Waals surface area contributed by atoms with Crippen molar-refractivity contribution in [3.8, 4) is 0 Å². The number of aromatic nitrogens is 2. The first-order valence-electron chi connectivity index (χ1n) is 7.04. The summed E-state index contributed by atoms with van der Waals surface area (Å²) in [5.41, 5.74) is 1.82. The molecule has 0 saturated carbocycles. The van der Waals surface area contributed by atoms with Crippen LogP contribution >= 0.6 is 11.3 Å². The number of carbonyl (C=O) groups excluding carboxylic acids is 1. The maximum absolute atomic E-state index is 12.0. The summed E-state index contributed by atoms with van der Waals surface area (Å²) < 4.78 is 1.43. The van der Waals surface area contributed by atoms with Crippen molar-refractivity contribution in [2.24, 2.45) is 7.05 Å². The highest BCUT2D eigenvalue weighted by molar-refractivity contribution is 7.09. The molecule has 0 atom stereocenters. The van der Waals surface area contributed by atoms with Crippen LogP contribution in [0.2, 0.25) is 0 Å². The summed E-state index contributed by atoms with van der Waals surface area (Å²) in [6, 6.07) is 1.37. The van der Waals surface area contributed by atoms with Gasteiger partial charge >= 0.3 is 6.03 Å². The minimum absolute atomic E-state index is 0.230. The average molecular weight is 320 g/mol. The van der Waals surface area contributed by atoms with Crippen LogP contribution in [0.15, 0.2) is 22.4 Å². The van der Waals surface area contributed by atoms with Crippen LogP contribution in [0, 0.1) is 6.92 Å². The van der Waals surface area contributed by atoms with E-state index in [0.29, 0.717) is 18.2 Å². The quantitative estimate of drug-likeness (QED) is 0.909. The first kappa shape index (κ1) is 16.2. The molecule has 0 aliphatic carbocycles. The van der Waals surface area contributed by atoms with Crippen LogP contribution in [0.3, 0.4) is 0 Å². The van der Waals surface area contributed by atoms with E-state index in [9.17, 15) is 9.59 Å². The maximum atomic E-state index is 12.0. The highest BCUT2D eigenvalue weighted by atomic mass is 32.1. The van der Waals surface area contributed by atoms with Crippen LogP contribution in [0.5, 0.6) is 0 Å². The van der Waals surface area contributed by atoms with Gasteiger partial charge in [0.1, 0.15) is 10.7 Å². The van der Waals surface area contributed by atoms with Crippen LogP contribution in [-0.4, -0.2) is 15.6 Å². The Morgan fingerprint density at radius 1 is 1.45 bits per heavy atom. The highest BCUT2D eigenvalue weighted by Crippen LogP contribution is 2.17. The molecular weight excluding hydrogens is 300 g/mol. The van der Waals surface area contributed by atoms with Gasteiger partial charge in [0.25, 0.3) is 5.56 Å². The van der Waals surface area contributed by atoms with Crippen molar-refractivity contribution < 1.29 is 4.79 Å².